The zero-order chi connectivity index (χ0) is 23.2. The number of nitrogens with one attached hydrogen (secondary N) is 1. The molecule has 6 nitrogen and oxygen atoms in total. The van der Waals surface area contributed by atoms with Gasteiger partial charge in [-0.05, 0) is 69.4 Å². The maximum absolute atomic E-state index is 13.3. The van der Waals surface area contributed by atoms with Gasteiger partial charge in [-0.25, -0.2) is 0 Å². The molecule has 2 aliphatic heterocycles. The van der Waals surface area contributed by atoms with Gasteiger partial charge in [-0.1, -0.05) is 29.8 Å². The topological polar surface area (TPSA) is 61.9 Å². The molecule has 4 rings (SSSR count). The molecule has 1 saturated heterocycles. The van der Waals surface area contributed by atoms with E-state index in [0.717, 1.165) is 29.9 Å². The third kappa shape index (κ3) is 5.28. The fraction of sp³-hybridized carbons (Fsp3) is 0.407. The van der Waals surface area contributed by atoms with Crippen LogP contribution in [-0.4, -0.2) is 49.6 Å². The second-order valence-electron chi connectivity index (χ2n) is 8.65. The fourth-order valence-electron chi connectivity index (χ4n) is 4.40. The molecule has 0 aromatic heterocycles. The van der Waals surface area contributed by atoms with Gasteiger partial charge in [0.05, 0.1) is 5.57 Å². The molecule has 0 spiro atoms. The molecule has 2 heterocycles. The Morgan fingerprint density at radius 3 is 2.27 bits per heavy atom. The van der Waals surface area contributed by atoms with Crippen molar-refractivity contribution in [2.24, 2.45) is 0 Å². The van der Waals surface area contributed by atoms with Crippen LogP contribution in [0.5, 0.6) is 0 Å². The van der Waals surface area contributed by atoms with Crippen LogP contribution in [0.25, 0.3) is 5.57 Å². The third-order valence-electron chi connectivity index (χ3n) is 6.24. The van der Waals surface area contributed by atoms with E-state index in [1.165, 1.54) is 29.8 Å². The average Bonchev–Trinajstić information content (AvgIpc) is 3.07. The van der Waals surface area contributed by atoms with Crippen LogP contribution < -0.4 is 10.2 Å². The SMILES string of the molecule is CCOCCCN1C(=O)C(Nc2ccc(N3CCCCC3)cc2)=C(c2ccc(C)cc2)C1=O. The quantitative estimate of drug-likeness (QED) is 0.450. The second kappa shape index (κ2) is 10.7. The van der Waals surface area contributed by atoms with E-state index in [4.69, 9.17) is 4.74 Å². The lowest BCUT2D eigenvalue weighted by Gasteiger charge is -2.28. The summed E-state index contributed by atoms with van der Waals surface area (Å²) >= 11 is 0. The van der Waals surface area contributed by atoms with E-state index in [1.54, 1.807) is 0 Å². The van der Waals surface area contributed by atoms with E-state index >= 15 is 0 Å². The molecule has 2 amide bonds. The van der Waals surface area contributed by atoms with E-state index in [2.05, 4.69) is 22.3 Å². The Hall–Kier alpha value is -3.12. The summed E-state index contributed by atoms with van der Waals surface area (Å²) in [7, 11) is 0. The lowest BCUT2D eigenvalue weighted by Crippen LogP contribution is -2.34. The molecule has 174 valence electrons. The number of hydrogen-bond acceptors (Lipinski definition) is 5. The van der Waals surface area contributed by atoms with Gasteiger partial charge in [0.2, 0.25) is 0 Å². The molecule has 0 saturated carbocycles. The van der Waals surface area contributed by atoms with Crippen molar-refractivity contribution in [1.82, 2.24) is 4.90 Å². The number of hydrogen-bond donors (Lipinski definition) is 1. The number of benzene rings is 2. The van der Waals surface area contributed by atoms with Crippen molar-refractivity contribution < 1.29 is 14.3 Å². The van der Waals surface area contributed by atoms with Gasteiger partial charge in [-0.2, -0.15) is 0 Å². The summed E-state index contributed by atoms with van der Waals surface area (Å²) in [5, 5.41) is 3.26. The van der Waals surface area contributed by atoms with Gasteiger partial charge in [-0.3, -0.25) is 14.5 Å². The molecule has 0 atom stereocenters. The van der Waals surface area contributed by atoms with E-state index in [1.807, 2.05) is 50.2 Å². The Morgan fingerprint density at radius 2 is 1.61 bits per heavy atom. The minimum atomic E-state index is -0.285. The number of imide groups is 1. The molecule has 2 aromatic carbocycles. The summed E-state index contributed by atoms with van der Waals surface area (Å²) in [5.41, 5.74) is 4.61. The highest BCUT2D eigenvalue weighted by molar-refractivity contribution is 6.36. The monoisotopic (exact) mass is 447 g/mol. The molecule has 0 aliphatic carbocycles. The molecule has 1 fully saturated rings. The number of ether oxygens (including phenoxy) is 1. The first-order chi connectivity index (χ1) is 16.1. The number of aryl methyl sites for hydroxylation is 1. The number of anilines is 2. The molecule has 0 bridgehead atoms. The van der Waals surface area contributed by atoms with E-state index in [0.29, 0.717) is 37.4 Å². The van der Waals surface area contributed by atoms with Crippen molar-refractivity contribution in [1.29, 1.82) is 0 Å². The Balaban J connectivity index is 1.58. The maximum atomic E-state index is 13.3. The first-order valence-corrected chi connectivity index (χ1v) is 12.0. The number of rotatable bonds is 9. The number of carbonyl (C=O) groups excluding carboxylic acids is 2. The highest BCUT2D eigenvalue weighted by Crippen LogP contribution is 2.31. The summed E-state index contributed by atoms with van der Waals surface area (Å²) in [6.45, 7) is 7.58. The van der Waals surface area contributed by atoms with Crippen LogP contribution in [0.3, 0.4) is 0 Å². The standard InChI is InChI=1S/C27H33N3O3/c1-3-33-19-7-18-30-26(31)24(21-10-8-20(2)9-11-21)25(27(30)32)28-22-12-14-23(15-13-22)29-16-5-4-6-17-29/h8-15,28H,3-7,16-19H2,1-2H3. The van der Waals surface area contributed by atoms with Gasteiger partial charge >= 0.3 is 0 Å². The Morgan fingerprint density at radius 1 is 0.909 bits per heavy atom. The highest BCUT2D eigenvalue weighted by Gasteiger charge is 2.38. The van der Waals surface area contributed by atoms with Crippen molar-refractivity contribution in [2.45, 2.75) is 39.5 Å². The van der Waals surface area contributed by atoms with Gasteiger partial charge in [0.15, 0.2) is 0 Å². The molecule has 2 aliphatic rings. The molecular formula is C27H33N3O3. The van der Waals surface area contributed by atoms with E-state index in [9.17, 15) is 9.59 Å². The van der Waals surface area contributed by atoms with Crippen LogP contribution in [0.15, 0.2) is 54.2 Å². The highest BCUT2D eigenvalue weighted by atomic mass is 16.5. The van der Waals surface area contributed by atoms with Crippen molar-refractivity contribution in [3.8, 4) is 0 Å². The smallest absolute Gasteiger partial charge is 0.278 e. The predicted molar refractivity (Wildman–Crippen MR) is 132 cm³/mol. The van der Waals surface area contributed by atoms with Gasteiger partial charge in [0.1, 0.15) is 5.70 Å². The van der Waals surface area contributed by atoms with Gasteiger partial charge in [0.25, 0.3) is 11.8 Å². The average molecular weight is 448 g/mol. The Labute approximate surface area is 196 Å². The van der Waals surface area contributed by atoms with E-state index in [-0.39, 0.29) is 11.8 Å². The molecule has 1 N–H and O–H groups in total. The van der Waals surface area contributed by atoms with Crippen molar-refractivity contribution >= 4 is 28.8 Å². The lowest BCUT2D eigenvalue weighted by atomic mass is 10.0. The molecule has 6 heteroatoms. The number of carbonyl (C=O) groups is 2. The molecular weight excluding hydrogens is 414 g/mol. The van der Waals surface area contributed by atoms with Crippen LogP contribution in [0.1, 0.15) is 43.7 Å². The van der Waals surface area contributed by atoms with Crippen LogP contribution >= 0.6 is 0 Å². The Bertz CT molecular complexity index is 1010. The fourth-order valence-corrected chi connectivity index (χ4v) is 4.40. The minimum absolute atomic E-state index is 0.257. The summed E-state index contributed by atoms with van der Waals surface area (Å²) in [6, 6.07) is 15.9. The van der Waals surface area contributed by atoms with Crippen LogP contribution in [0, 0.1) is 6.92 Å². The molecule has 33 heavy (non-hydrogen) atoms. The normalized spacial score (nSPS) is 16.7. The van der Waals surface area contributed by atoms with Gasteiger partial charge < -0.3 is 15.0 Å². The van der Waals surface area contributed by atoms with Crippen molar-refractivity contribution in [2.75, 3.05) is 43.1 Å². The van der Waals surface area contributed by atoms with E-state index < -0.39 is 0 Å². The third-order valence-corrected chi connectivity index (χ3v) is 6.24. The number of amides is 2. The summed E-state index contributed by atoms with van der Waals surface area (Å²) < 4.78 is 5.39. The van der Waals surface area contributed by atoms with Gasteiger partial charge in [0, 0.05) is 44.2 Å². The summed E-state index contributed by atoms with van der Waals surface area (Å²) in [4.78, 5) is 30.3. The van der Waals surface area contributed by atoms with Crippen LogP contribution in [0.2, 0.25) is 0 Å². The summed E-state index contributed by atoms with van der Waals surface area (Å²) in [5.74, 6) is -0.542. The first kappa shape index (κ1) is 23.1. The molecule has 2 aromatic rings. The largest absolute Gasteiger partial charge is 0.382 e. The number of piperidine rings is 1. The van der Waals surface area contributed by atoms with Gasteiger partial charge in [-0.15, -0.1) is 0 Å². The Kier molecular flexibility index (Phi) is 7.45. The zero-order valence-electron chi connectivity index (χ0n) is 19.6. The minimum Gasteiger partial charge on any atom is -0.382 e. The second-order valence-corrected chi connectivity index (χ2v) is 8.65. The van der Waals surface area contributed by atoms with Crippen molar-refractivity contribution in [3.63, 3.8) is 0 Å². The lowest BCUT2D eigenvalue weighted by molar-refractivity contribution is -0.137. The van der Waals surface area contributed by atoms with Crippen LogP contribution in [-0.2, 0) is 14.3 Å². The summed E-state index contributed by atoms with van der Waals surface area (Å²) in [6.07, 6.45) is 4.36. The maximum Gasteiger partial charge on any atom is 0.278 e. The van der Waals surface area contributed by atoms with Crippen molar-refractivity contribution in [3.05, 3.63) is 65.4 Å². The van der Waals surface area contributed by atoms with Crippen LogP contribution in [0.4, 0.5) is 11.4 Å². The predicted octanol–water partition coefficient (Wildman–Crippen LogP) is 4.60. The molecule has 0 radical (unpaired) electrons. The first-order valence-electron chi connectivity index (χ1n) is 12.0. The number of nitrogens with zero attached hydrogens (tertiary/aromatic N) is 2. The molecule has 0 unspecified atom stereocenters. The zero-order valence-corrected chi connectivity index (χ0v) is 19.6.